The molecule has 0 amide bonds. The number of nitro groups is 1. The van der Waals surface area contributed by atoms with Crippen molar-refractivity contribution in [3.63, 3.8) is 0 Å². The molecule has 0 saturated carbocycles. The van der Waals surface area contributed by atoms with E-state index in [4.69, 9.17) is 4.42 Å². The van der Waals surface area contributed by atoms with Crippen LogP contribution in [0.25, 0.3) is 11.5 Å². The number of nitrogens with zero attached hydrogens (tertiary/aromatic N) is 4. The minimum absolute atomic E-state index is 0.0175. The fraction of sp³-hybridized carbons (Fsp3) is 0.333. The van der Waals surface area contributed by atoms with Gasteiger partial charge in [-0.1, -0.05) is 6.07 Å². The van der Waals surface area contributed by atoms with E-state index in [9.17, 15) is 10.1 Å². The lowest BCUT2D eigenvalue weighted by molar-refractivity contribution is -0.384. The summed E-state index contributed by atoms with van der Waals surface area (Å²) in [5.74, 6) is 0.954. The van der Waals surface area contributed by atoms with Gasteiger partial charge in [0, 0.05) is 28.6 Å². The zero-order valence-corrected chi connectivity index (χ0v) is 15.1. The molecule has 7 nitrogen and oxygen atoms in total. The molecule has 1 saturated heterocycles. The maximum absolute atomic E-state index is 10.8. The molecule has 134 valence electrons. The molecule has 0 bridgehead atoms. The van der Waals surface area contributed by atoms with Crippen LogP contribution in [-0.4, -0.2) is 26.6 Å². The number of non-ortho nitro benzene ring substituents is 1. The minimum atomic E-state index is -0.427. The van der Waals surface area contributed by atoms with Crippen LogP contribution in [0, 0.1) is 10.1 Å². The van der Waals surface area contributed by atoms with E-state index < -0.39 is 4.92 Å². The molecule has 0 N–H and O–H groups in total. The van der Waals surface area contributed by atoms with E-state index in [-0.39, 0.29) is 11.7 Å². The van der Waals surface area contributed by atoms with Crippen LogP contribution in [0.2, 0.25) is 0 Å². The Hall–Kier alpha value is -2.58. The first kappa shape index (κ1) is 16.9. The molecule has 1 aromatic carbocycles. The Bertz CT molecular complexity index is 892. The summed E-state index contributed by atoms with van der Waals surface area (Å²) < 4.78 is 5.88. The molecule has 1 aliphatic heterocycles. The maximum Gasteiger partial charge on any atom is 0.269 e. The van der Waals surface area contributed by atoms with Crippen LogP contribution in [0.1, 0.15) is 42.6 Å². The normalized spacial score (nSPS) is 18.9. The summed E-state index contributed by atoms with van der Waals surface area (Å²) in [5.41, 5.74) is 0.718. The summed E-state index contributed by atoms with van der Waals surface area (Å²) in [6.07, 6.45) is 2.28. The summed E-state index contributed by atoms with van der Waals surface area (Å²) in [5, 5.41) is 21.2. The Morgan fingerprint density at radius 1 is 1.31 bits per heavy atom. The van der Waals surface area contributed by atoms with E-state index in [1.54, 1.807) is 23.5 Å². The second kappa shape index (κ2) is 6.97. The molecule has 1 aliphatic rings. The quantitative estimate of drug-likeness (QED) is 0.482. The van der Waals surface area contributed by atoms with Crippen molar-refractivity contribution in [2.75, 3.05) is 6.54 Å². The lowest BCUT2D eigenvalue weighted by Gasteiger charge is -2.27. The summed E-state index contributed by atoms with van der Waals surface area (Å²) in [7, 11) is 0. The zero-order chi connectivity index (χ0) is 18.1. The van der Waals surface area contributed by atoms with Gasteiger partial charge in [-0.25, -0.2) is 0 Å². The molecule has 0 radical (unpaired) electrons. The summed E-state index contributed by atoms with van der Waals surface area (Å²) in [6, 6.07) is 10.8. The highest BCUT2D eigenvalue weighted by molar-refractivity contribution is 7.10. The van der Waals surface area contributed by atoms with Gasteiger partial charge in [0.1, 0.15) is 0 Å². The van der Waals surface area contributed by atoms with Gasteiger partial charge in [-0.2, -0.15) is 0 Å². The van der Waals surface area contributed by atoms with Crippen molar-refractivity contribution in [3.8, 4) is 11.5 Å². The third-order valence-corrected chi connectivity index (χ3v) is 5.76. The van der Waals surface area contributed by atoms with Crippen molar-refractivity contribution in [1.29, 1.82) is 0 Å². The van der Waals surface area contributed by atoms with E-state index >= 15 is 0 Å². The number of hydrogen-bond donors (Lipinski definition) is 0. The first-order valence-electron chi connectivity index (χ1n) is 8.51. The fourth-order valence-corrected chi connectivity index (χ4v) is 4.31. The van der Waals surface area contributed by atoms with Crippen molar-refractivity contribution >= 4 is 17.0 Å². The Morgan fingerprint density at radius 3 is 2.81 bits per heavy atom. The average Bonchev–Trinajstić information content (AvgIpc) is 3.41. The minimum Gasteiger partial charge on any atom is -0.419 e. The highest BCUT2D eigenvalue weighted by Gasteiger charge is 2.33. The number of hydrogen-bond acceptors (Lipinski definition) is 7. The molecule has 26 heavy (non-hydrogen) atoms. The van der Waals surface area contributed by atoms with Gasteiger partial charge in [-0.05, 0) is 49.9 Å². The number of nitro benzene ring substituents is 1. The maximum atomic E-state index is 10.8. The monoisotopic (exact) mass is 370 g/mol. The molecular weight excluding hydrogens is 352 g/mol. The van der Waals surface area contributed by atoms with Gasteiger partial charge in [0.2, 0.25) is 11.8 Å². The molecule has 0 aliphatic carbocycles. The Kier molecular flexibility index (Phi) is 4.52. The lowest BCUT2D eigenvalue weighted by Crippen LogP contribution is -2.26. The van der Waals surface area contributed by atoms with Gasteiger partial charge in [-0.3, -0.25) is 15.0 Å². The van der Waals surface area contributed by atoms with E-state index in [1.165, 1.54) is 17.0 Å². The van der Waals surface area contributed by atoms with Crippen molar-refractivity contribution < 1.29 is 9.34 Å². The summed E-state index contributed by atoms with van der Waals surface area (Å²) in [4.78, 5) is 14.1. The summed E-state index contributed by atoms with van der Waals surface area (Å²) >= 11 is 1.78. The predicted octanol–water partition coefficient (Wildman–Crippen LogP) is 4.60. The van der Waals surface area contributed by atoms with Crippen LogP contribution in [0.3, 0.4) is 0 Å². The number of rotatable bonds is 5. The second-order valence-corrected chi connectivity index (χ2v) is 7.32. The number of benzene rings is 1. The van der Waals surface area contributed by atoms with Crippen LogP contribution in [-0.2, 0) is 0 Å². The van der Waals surface area contributed by atoms with Crippen molar-refractivity contribution in [3.05, 3.63) is 62.7 Å². The number of likely N-dealkylation sites (tertiary alicyclic amines) is 1. The second-order valence-electron chi connectivity index (χ2n) is 6.34. The van der Waals surface area contributed by atoms with Crippen LogP contribution < -0.4 is 0 Å². The van der Waals surface area contributed by atoms with E-state index in [0.717, 1.165) is 19.4 Å². The fourth-order valence-electron chi connectivity index (χ4n) is 3.43. The smallest absolute Gasteiger partial charge is 0.269 e. The van der Waals surface area contributed by atoms with Gasteiger partial charge >= 0.3 is 0 Å². The molecular formula is C18H18N4O3S. The van der Waals surface area contributed by atoms with Crippen molar-refractivity contribution in [2.45, 2.75) is 31.8 Å². The molecule has 2 atom stereocenters. The topological polar surface area (TPSA) is 85.3 Å². The van der Waals surface area contributed by atoms with Crippen LogP contribution in [0.4, 0.5) is 5.69 Å². The molecule has 1 fully saturated rings. The first-order chi connectivity index (χ1) is 12.6. The molecule has 3 heterocycles. The highest BCUT2D eigenvalue weighted by Crippen LogP contribution is 2.40. The standard InChI is InChI=1S/C18H18N4O3S/c1-12(21-10-2-4-15(21)16-5-3-11-26-16)17-19-20-18(25-17)13-6-8-14(9-7-13)22(23)24/h3,5-9,11-12,15H,2,4,10H2,1H3/t12-,15-/m1/s1. The SMILES string of the molecule is C[C@H](c1nnc(-c2ccc([N+](=O)[O-])cc2)o1)N1CCC[C@@H]1c1cccs1. The molecule has 3 aromatic rings. The average molecular weight is 370 g/mol. The van der Waals surface area contributed by atoms with Crippen molar-refractivity contribution in [1.82, 2.24) is 15.1 Å². The number of thiophene rings is 1. The molecule has 4 rings (SSSR count). The van der Waals surface area contributed by atoms with E-state index in [1.807, 2.05) is 0 Å². The van der Waals surface area contributed by atoms with E-state index in [0.29, 0.717) is 23.4 Å². The predicted molar refractivity (Wildman–Crippen MR) is 97.8 cm³/mol. The third kappa shape index (κ3) is 3.13. The molecule has 0 spiro atoms. The van der Waals surface area contributed by atoms with Crippen LogP contribution >= 0.6 is 11.3 Å². The molecule has 8 heteroatoms. The summed E-state index contributed by atoms with van der Waals surface area (Å²) in [6.45, 7) is 3.08. The highest BCUT2D eigenvalue weighted by atomic mass is 32.1. The molecule has 2 aromatic heterocycles. The van der Waals surface area contributed by atoms with Crippen LogP contribution in [0.15, 0.2) is 46.2 Å². The zero-order valence-electron chi connectivity index (χ0n) is 14.2. The molecule has 0 unspecified atom stereocenters. The Morgan fingerprint density at radius 2 is 2.12 bits per heavy atom. The number of aromatic nitrogens is 2. The van der Waals surface area contributed by atoms with E-state index in [2.05, 4.69) is 39.5 Å². The van der Waals surface area contributed by atoms with Gasteiger partial charge in [0.05, 0.1) is 11.0 Å². The third-order valence-electron chi connectivity index (χ3n) is 4.79. The largest absolute Gasteiger partial charge is 0.419 e. The van der Waals surface area contributed by atoms with Crippen LogP contribution in [0.5, 0.6) is 0 Å². The first-order valence-corrected chi connectivity index (χ1v) is 9.39. The lowest BCUT2D eigenvalue weighted by atomic mass is 10.1. The Balaban J connectivity index is 1.54. The van der Waals surface area contributed by atoms with Gasteiger partial charge in [-0.15, -0.1) is 21.5 Å². The Labute approximate surface area is 154 Å². The van der Waals surface area contributed by atoms with Gasteiger partial charge < -0.3 is 4.42 Å². The van der Waals surface area contributed by atoms with Crippen molar-refractivity contribution in [2.24, 2.45) is 0 Å². The van der Waals surface area contributed by atoms with Gasteiger partial charge in [0.15, 0.2) is 0 Å². The van der Waals surface area contributed by atoms with Gasteiger partial charge in [0.25, 0.3) is 5.69 Å².